The average molecular weight is 431 g/mol. The van der Waals surface area contributed by atoms with Gasteiger partial charge in [-0.1, -0.05) is 0 Å². The molecule has 0 atom stereocenters. The molecule has 0 aliphatic carbocycles. The van der Waals surface area contributed by atoms with Crippen LogP contribution in [0.15, 0.2) is 6.20 Å². The summed E-state index contributed by atoms with van der Waals surface area (Å²) < 4.78 is 12.9. The van der Waals surface area contributed by atoms with Crippen molar-refractivity contribution in [2.24, 2.45) is 7.05 Å². The molecule has 0 aromatic carbocycles. The topological polar surface area (TPSA) is 110 Å². The van der Waals surface area contributed by atoms with E-state index in [2.05, 4.69) is 25.7 Å². The summed E-state index contributed by atoms with van der Waals surface area (Å²) in [5.74, 6) is 2.02. The number of amides is 1. The predicted molar refractivity (Wildman–Crippen MR) is 118 cm³/mol. The van der Waals surface area contributed by atoms with E-state index < -0.39 is 5.60 Å². The Hall–Kier alpha value is -2.92. The van der Waals surface area contributed by atoms with Gasteiger partial charge in [-0.25, -0.2) is 15.2 Å². The first-order chi connectivity index (χ1) is 14.8. The lowest BCUT2D eigenvalue weighted by Crippen LogP contribution is -2.37. The van der Waals surface area contributed by atoms with Gasteiger partial charge >= 0.3 is 6.09 Å². The van der Waals surface area contributed by atoms with E-state index in [4.69, 9.17) is 14.5 Å². The fourth-order valence-electron chi connectivity index (χ4n) is 3.69. The number of nitrogens with zero attached hydrogens (tertiary/aromatic N) is 6. The molecule has 0 saturated carbocycles. The second-order valence-corrected chi connectivity index (χ2v) is 8.59. The Kier molecular flexibility index (Phi) is 5.71. The van der Waals surface area contributed by atoms with Crippen LogP contribution in [0, 0.1) is 0 Å². The third-order valence-corrected chi connectivity index (χ3v) is 5.10. The summed E-state index contributed by atoms with van der Waals surface area (Å²) in [6.45, 7) is 8.92. The van der Waals surface area contributed by atoms with E-state index >= 15 is 0 Å². The summed E-state index contributed by atoms with van der Waals surface area (Å²) in [4.78, 5) is 30.4. The van der Waals surface area contributed by atoms with Crippen molar-refractivity contribution >= 4 is 34.6 Å². The number of fused-ring (bicyclic) bond motifs is 1. The quantitative estimate of drug-likeness (QED) is 0.701. The van der Waals surface area contributed by atoms with Crippen LogP contribution < -0.4 is 15.8 Å². The number of anilines is 2. The first kappa shape index (κ1) is 21.3. The Morgan fingerprint density at radius 3 is 2.58 bits per heavy atom. The van der Waals surface area contributed by atoms with Crippen LogP contribution in [-0.4, -0.2) is 76.0 Å². The first-order valence-electron chi connectivity index (χ1n) is 10.5. The maximum absolute atomic E-state index is 12.4. The Morgan fingerprint density at radius 1 is 1.16 bits per heavy atom. The van der Waals surface area contributed by atoms with E-state index in [0.29, 0.717) is 32.1 Å². The minimum Gasteiger partial charge on any atom is -0.443 e. The summed E-state index contributed by atoms with van der Waals surface area (Å²) in [5, 5.41) is 0. The van der Waals surface area contributed by atoms with Crippen molar-refractivity contribution in [1.82, 2.24) is 29.8 Å². The van der Waals surface area contributed by atoms with Crippen molar-refractivity contribution in [2.45, 2.75) is 32.8 Å². The van der Waals surface area contributed by atoms with Crippen LogP contribution in [0.1, 0.15) is 33.0 Å². The molecular weight excluding hydrogens is 400 g/mol. The van der Waals surface area contributed by atoms with Crippen LogP contribution in [0.2, 0.25) is 0 Å². The molecular formula is C20H30N8O3. The smallest absolute Gasteiger partial charge is 0.414 e. The monoisotopic (exact) mass is 430 g/mol. The van der Waals surface area contributed by atoms with Crippen molar-refractivity contribution in [3.63, 3.8) is 0 Å². The normalized spacial score (nSPS) is 17.3. The molecule has 4 heterocycles. The van der Waals surface area contributed by atoms with Gasteiger partial charge in [-0.3, -0.25) is 10.3 Å². The zero-order valence-corrected chi connectivity index (χ0v) is 18.7. The number of morpholine rings is 1. The molecule has 1 amide bonds. The van der Waals surface area contributed by atoms with E-state index in [1.165, 1.54) is 0 Å². The number of ether oxygens (including phenoxy) is 2. The van der Waals surface area contributed by atoms with Crippen molar-refractivity contribution in [2.75, 3.05) is 50.2 Å². The van der Waals surface area contributed by atoms with E-state index in [-0.39, 0.29) is 6.09 Å². The predicted octanol–water partition coefficient (Wildman–Crippen LogP) is 1.73. The Bertz CT molecular complexity index is 1000. The molecule has 0 spiro atoms. The zero-order chi connectivity index (χ0) is 22.2. The van der Waals surface area contributed by atoms with Crippen LogP contribution in [0.4, 0.5) is 16.6 Å². The molecule has 0 unspecified atom stereocenters. The third-order valence-electron chi connectivity index (χ3n) is 5.10. The highest BCUT2D eigenvalue weighted by atomic mass is 16.6. The zero-order valence-electron chi connectivity index (χ0n) is 18.7. The van der Waals surface area contributed by atoms with Gasteiger partial charge in [-0.05, 0) is 27.2 Å². The lowest BCUT2D eigenvalue weighted by atomic mass is 10.2. The van der Waals surface area contributed by atoms with Crippen LogP contribution in [0.3, 0.4) is 0 Å². The Balaban J connectivity index is 1.71. The molecule has 168 valence electrons. The van der Waals surface area contributed by atoms with Gasteiger partial charge in [-0.2, -0.15) is 9.97 Å². The van der Waals surface area contributed by atoms with E-state index in [0.717, 1.165) is 41.5 Å². The van der Waals surface area contributed by atoms with Crippen molar-refractivity contribution in [3.05, 3.63) is 12.0 Å². The second kappa shape index (κ2) is 8.31. The highest BCUT2D eigenvalue weighted by Crippen LogP contribution is 2.31. The van der Waals surface area contributed by atoms with Gasteiger partial charge < -0.3 is 18.9 Å². The maximum atomic E-state index is 12.4. The number of imidazole rings is 1. The molecule has 31 heavy (non-hydrogen) atoms. The van der Waals surface area contributed by atoms with Crippen LogP contribution >= 0.6 is 0 Å². The van der Waals surface area contributed by atoms with Crippen LogP contribution in [-0.2, 0) is 16.5 Å². The van der Waals surface area contributed by atoms with Crippen molar-refractivity contribution in [3.8, 4) is 0 Å². The number of aryl methyl sites for hydroxylation is 1. The minimum absolute atomic E-state index is 0.351. The minimum atomic E-state index is -0.537. The molecule has 2 aromatic heterocycles. The molecule has 2 aromatic rings. The van der Waals surface area contributed by atoms with Crippen molar-refractivity contribution < 1.29 is 14.3 Å². The molecule has 1 fully saturated rings. The lowest BCUT2D eigenvalue weighted by Gasteiger charge is -2.28. The number of carbonyl (C=O) groups excluding carboxylic acids is 1. The van der Waals surface area contributed by atoms with Gasteiger partial charge in [-0.15, -0.1) is 0 Å². The summed E-state index contributed by atoms with van der Waals surface area (Å²) in [5.41, 5.74) is 7.73. The largest absolute Gasteiger partial charge is 0.443 e. The van der Waals surface area contributed by atoms with Gasteiger partial charge in [0, 0.05) is 45.5 Å². The molecule has 4 rings (SSSR count). The van der Waals surface area contributed by atoms with E-state index in [1.54, 1.807) is 11.9 Å². The summed E-state index contributed by atoms with van der Waals surface area (Å²) in [6.07, 6.45) is 2.16. The summed E-state index contributed by atoms with van der Waals surface area (Å²) in [7, 11) is 3.70. The number of hydrazine groups is 1. The van der Waals surface area contributed by atoms with Crippen LogP contribution in [0.5, 0.6) is 0 Å². The van der Waals surface area contributed by atoms with E-state index in [9.17, 15) is 4.79 Å². The second-order valence-electron chi connectivity index (χ2n) is 8.59. The molecule has 11 heteroatoms. The Morgan fingerprint density at radius 2 is 1.90 bits per heavy atom. The third kappa shape index (κ3) is 4.42. The highest BCUT2D eigenvalue weighted by molar-refractivity contribution is 5.88. The maximum Gasteiger partial charge on any atom is 0.414 e. The Labute approximate surface area is 181 Å². The van der Waals surface area contributed by atoms with Crippen molar-refractivity contribution in [1.29, 1.82) is 0 Å². The molecule has 0 bridgehead atoms. The van der Waals surface area contributed by atoms with Gasteiger partial charge in [0.05, 0.1) is 13.2 Å². The summed E-state index contributed by atoms with van der Waals surface area (Å²) in [6, 6.07) is 0. The first-order valence-corrected chi connectivity index (χ1v) is 10.5. The molecule has 11 nitrogen and oxygen atoms in total. The molecule has 2 aliphatic rings. The number of carbonyl (C=O) groups is 1. The number of rotatable bonds is 4. The SMILES string of the molecule is CNNc1nc(N2CCOCC2)c2nc(C3=CN(C(=O)OC(C)(C)C)CC3)n(C)c2n1. The van der Waals surface area contributed by atoms with Gasteiger partial charge in [0.25, 0.3) is 0 Å². The molecule has 2 N–H and O–H groups in total. The highest BCUT2D eigenvalue weighted by Gasteiger charge is 2.28. The number of hydrogen-bond donors (Lipinski definition) is 2. The standard InChI is InChI=1S/C20H30N8O3/c1-20(2,3)31-19(29)28-7-6-13(12-28)15-22-14-16(26(15)5)23-18(25-21-4)24-17(14)27-8-10-30-11-9-27/h12,21H,6-11H2,1-5H3,(H,23,24,25). The van der Waals surface area contributed by atoms with Gasteiger partial charge in [0.1, 0.15) is 11.4 Å². The molecule has 0 radical (unpaired) electrons. The number of hydrogen-bond acceptors (Lipinski definition) is 9. The average Bonchev–Trinajstić information content (AvgIpc) is 3.33. The fourth-order valence-corrected chi connectivity index (χ4v) is 3.69. The van der Waals surface area contributed by atoms with Crippen LogP contribution in [0.25, 0.3) is 16.7 Å². The van der Waals surface area contributed by atoms with E-state index in [1.807, 2.05) is 38.6 Å². The number of aromatic nitrogens is 4. The molecule has 2 aliphatic heterocycles. The molecule has 1 saturated heterocycles. The fraction of sp³-hybridized carbons (Fsp3) is 0.600. The van der Waals surface area contributed by atoms with Gasteiger partial charge in [0.2, 0.25) is 5.95 Å². The van der Waals surface area contributed by atoms with Gasteiger partial charge in [0.15, 0.2) is 17.0 Å². The number of nitrogens with one attached hydrogen (secondary N) is 2. The lowest BCUT2D eigenvalue weighted by molar-refractivity contribution is 0.0349. The summed E-state index contributed by atoms with van der Waals surface area (Å²) >= 11 is 0.